The summed E-state index contributed by atoms with van der Waals surface area (Å²) in [5.41, 5.74) is 0. The predicted molar refractivity (Wildman–Crippen MR) is 122 cm³/mol. The predicted octanol–water partition coefficient (Wildman–Crippen LogP) is 2.63. The number of aryl methyl sites for hydroxylation is 1. The monoisotopic (exact) mass is 508 g/mol. The minimum Gasteiger partial charge on any atom is -0.376 e. The molecule has 3 atom stereocenters. The SMILES string of the molecule is CCSC1CCC(NC(=NCc2nnc(C)n2C)NCC2CCCO2)C1.I. The molecule has 1 aromatic rings. The molecule has 1 aromatic heterocycles. The van der Waals surface area contributed by atoms with Crippen LogP contribution in [0.4, 0.5) is 0 Å². The van der Waals surface area contributed by atoms with Gasteiger partial charge in [0.05, 0.1) is 6.10 Å². The average molecular weight is 508 g/mol. The fourth-order valence-electron chi connectivity index (χ4n) is 3.56. The third-order valence-electron chi connectivity index (χ3n) is 5.21. The molecule has 1 aliphatic carbocycles. The van der Waals surface area contributed by atoms with Crippen LogP contribution < -0.4 is 10.6 Å². The molecule has 27 heavy (non-hydrogen) atoms. The second kappa shape index (κ2) is 11.5. The van der Waals surface area contributed by atoms with Crippen LogP contribution in [0, 0.1) is 6.92 Å². The minimum absolute atomic E-state index is 0. The number of hydrogen-bond acceptors (Lipinski definition) is 5. The van der Waals surface area contributed by atoms with Crippen LogP contribution in [-0.4, -0.2) is 57.0 Å². The molecule has 0 amide bonds. The highest BCUT2D eigenvalue weighted by Crippen LogP contribution is 2.29. The first-order chi connectivity index (χ1) is 12.7. The number of aliphatic imine (C=N–C) groups is 1. The molecule has 0 aromatic carbocycles. The molecule has 9 heteroatoms. The standard InChI is InChI=1S/C18H32N6OS.HI/c1-4-26-16-8-7-14(10-16)21-18(19-11-15-6-5-9-25-15)20-12-17-23-22-13(2)24(17)3;/h14-16H,4-12H2,1-3H3,(H2,19,20,21);1H. The highest BCUT2D eigenvalue weighted by molar-refractivity contribution is 14.0. The summed E-state index contributed by atoms with van der Waals surface area (Å²) in [6, 6.07) is 0.496. The molecule has 3 rings (SSSR count). The Hall–Kier alpha value is -0.550. The molecule has 2 N–H and O–H groups in total. The third kappa shape index (κ3) is 6.77. The summed E-state index contributed by atoms with van der Waals surface area (Å²) < 4.78 is 7.72. The number of hydrogen-bond donors (Lipinski definition) is 2. The Kier molecular flexibility index (Phi) is 9.64. The van der Waals surface area contributed by atoms with Crippen LogP contribution in [0.5, 0.6) is 0 Å². The number of nitrogens with zero attached hydrogens (tertiary/aromatic N) is 4. The Bertz CT molecular complexity index is 605. The van der Waals surface area contributed by atoms with Gasteiger partial charge in [0.2, 0.25) is 0 Å². The number of guanidine groups is 1. The Balaban J connectivity index is 0.00000261. The van der Waals surface area contributed by atoms with Crippen LogP contribution in [0.15, 0.2) is 4.99 Å². The van der Waals surface area contributed by atoms with Gasteiger partial charge < -0.3 is 19.9 Å². The van der Waals surface area contributed by atoms with Crippen molar-refractivity contribution in [2.24, 2.45) is 12.0 Å². The quantitative estimate of drug-likeness (QED) is 0.335. The van der Waals surface area contributed by atoms with Gasteiger partial charge in [-0.25, -0.2) is 4.99 Å². The van der Waals surface area contributed by atoms with E-state index in [1.807, 2.05) is 18.5 Å². The number of ether oxygens (including phenoxy) is 1. The molecule has 2 heterocycles. The van der Waals surface area contributed by atoms with Gasteiger partial charge in [-0.15, -0.1) is 34.2 Å². The van der Waals surface area contributed by atoms with Gasteiger partial charge in [0, 0.05) is 31.5 Å². The fourth-order valence-corrected chi connectivity index (χ4v) is 4.70. The van der Waals surface area contributed by atoms with Crippen molar-refractivity contribution in [3.8, 4) is 0 Å². The lowest BCUT2D eigenvalue weighted by atomic mass is 10.2. The zero-order chi connectivity index (χ0) is 18.4. The average Bonchev–Trinajstić information content (AvgIpc) is 3.36. The lowest BCUT2D eigenvalue weighted by molar-refractivity contribution is 0.113. The second-order valence-corrected chi connectivity index (χ2v) is 8.71. The van der Waals surface area contributed by atoms with E-state index in [0.717, 1.165) is 48.9 Å². The number of nitrogens with one attached hydrogen (secondary N) is 2. The molecule has 2 aliphatic rings. The maximum absolute atomic E-state index is 5.73. The largest absolute Gasteiger partial charge is 0.376 e. The Morgan fingerprint density at radius 2 is 2.19 bits per heavy atom. The lowest BCUT2D eigenvalue weighted by Crippen LogP contribution is -2.45. The van der Waals surface area contributed by atoms with Gasteiger partial charge in [-0.05, 0) is 44.8 Å². The van der Waals surface area contributed by atoms with Crippen molar-refractivity contribution in [3.63, 3.8) is 0 Å². The first kappa shape index (κ1) is 22.7. The van der Waals surface area contributed by atoms with E-state index in [9.17, 15) is 0 Å². The fraction of sp³-hybridized carbons (Fsp3) is 0.833. The number of rotatable bonds is 7. The van der Waals surface area contributed by atoms with Gasteiger partial charge in [0.1, 0.15) is 12.4 Å². The van der Waals surface area contributed by atoms with E-state index < -0.39 is 0 Å². The van der Waals surface area contributed by atoms with Gasteiger partial charge in [-0.1, -0.05) is 6.92 Å². The summed E-state index contributed by atoms with van der Waals surface area (Å²) in [5.74, 6) is 3.85. The van der Waals surface area contributed by atoms with Gasteiger partial charge in [0.15, 0.2) is 11.8 Å². The maximum atomic E-state index is 5.73. The summed E-state index contributed by atoms with van der Waals surface area (Å²) >= 11 is 2.08. The van der Waals surface area contributed by atoms with E-state index in [2.05, 4.69) is 39.5 Å². The number of thioether (sulfide) groups is 1. The van der Waals surface area contributed by atoms with E-state index in [0.29, 0.717) is 18.7 Å². The Labute approximate surface area is 183 Å². The van der Waals surface area contributed by atoms with E-state index in [4.69, 9.17) is 9.73 Å². The normalized spacial score (nSPS) is 25.4. The molecule has 0 bridgehead atoms. The number of aromatic nitrogens is 3. The molecule has 1 saturated carbocycles. The van der Waals surface area contributed by atoms with Gasteiger partial charge in [-0.2, -0.15) is 11.8 Å². The summed E-state index contributed by atoms with van der Waals surface area (Å²) in [7, 11) is 1.98. The molecule has 0 radical (unpaired) electrons. The van der Waals surface area contributed by atoms with Crippen molar-refractivity contribution in [1.82, 2.24) is 25.4 Å². The highest BCUT2D eigenvalue weighted by Gasteiger charge is 2.25. The summed E-state index contributed by atoms with van der Waals surface area (Å²) in [6.45, 7) is 6.41. The first-order valence-corrected chi connectivity index (χ1v) is 10.8. The molecule has 7 nitrogen and oxygen atoms in total. The Morgan fingerprint density at radius 1 is 1.33 bits per heavy atom. The van der Waals surface area contributed by atoms with E-state index >= 15 is 0 Å². The van der Waals surface area contributed by atoms with Crippen molar-refractivity contribution in [1.29, 1.82) is 0 Å². The molecule has 1 saturated heterocycles. The second-order valence-electron chi connectivity index (χ2n) is 7.13. The van der Waals surface area contributed by atoms with Crippen molar-refractivity contribution in [2.45, 2.75) is 69.9 Å². The molecule has 154 valence electrons. The zero-order valence-corrected chi connectivity index (χ0v) is 19.8. The van der Waals surface area contributed by atoms with Gasteiger partial charge in [0.25, 0.3) is 0 Å². The number of halogens is 1. The molecular weight excluding hydrogens is 475 g/mol. The molecule has 1 aliphatic heterocycles. The Morgan fingerprint density at radius 3 is 2.85 bits per heavy atom. The van der Waals surface area contributed by atoms with Crippen molar-refractivity contribution >= 4 is 41.7 Å². The van der Waals surface area contributed by atoms with Crippen molar-refractivity contribution in [3.05, 3.63) is 11.6 Å². The van der Waals surface area contributed by atoms with Crippen LogP contribution in [0.25, 0.3) is 0 Å². The zero-order valence-electron chi connectivity index (χ0n) is 16.6. The molecule has 2 fully saturated rings. The lowest BCUT2D eigenvalue weighted by Gasteiger charge is -2.19. The summed E-state index contributed by atoms with van der Waals surface area (Å²) in [4.78, 5) is 4.77. The van der Waals surface area contributed by atoms with E-state index in [1.54, 1.807) is 0 Å². The third-order valence-corrected chi connectivity index (χ3v) is 6.44. The summed E-state index contributed by atoms with van der Waals surface area (Å²) in [5, 5.41) is 16.2. The van der Waals surface area contributed by atoms with E-state index in [1.165, 1.54) is 25.0 Å². The van der Waals surface area contributed by atoms with Crippen LogP contribution in [0.3, 0.4) is 0 Å². The van der Waals surface area contributed by atoms with Crippen LogP contribution >= 0.6 is 35.7 Å². The smallest absolute Gasteiger partial charge is 0.192 e. The van der Waals surface area contributed by atoms with Crippen molar-refractivity contribution in [2.75, 3.05) is 18.9 Å². The van der Waals surface area contributed by atoms with Gasteiger partial charge in [-0.3, -0.25) is 0 Å². The van der Waals surface area contributed by atoms with Crippen LogP contribution in [0.1, 0.15) is 50.7 Å². The van der Waals surface area contributed by atoms with Crippen molar-refractivity contribution < 1.29 is 4.74 Å². The van der Waals surface area contributed by atoms with Gasteiger partial charge >= 0.3 is 0 Å². The van der Waals surface area contributed by atoms with Crippen LogP contribution in [0.2, 0.25) is 0 Å². The summed E-state index contributed by atoms with van der Waals surface area (Å²) in [6.07, 6.45) is 6.29. The first-order valence-electron chi connectivity index (χ1n) is 9.78. The topological polar surface area (TPSA) is 76.4 Å². The maximum Gasteiger partial charge on any atom is 0.192 e. The van der Waals surface area contributed by atoms with Crippen LogP contribution in [-0.2, 0) is 18.3 Å². The molecular formula is C18H33IN6OS. The highest BCUT2D eigenvalue weighted by atomic mass is 127. The van der Waals surface area contributed by atoms with E-state index in [-0.39, 0.29) is 24.0 Å². The molecule has 3 unspecified atom stereocenters. The molecule has 0 spiro atoms. The minimum atomic E-state index is 0.